The molecule has 0 saturated heterocycles. The van der Waals surface area contributed by atoms with E-state index in [1.165, 1.54) is 5.56 Å². The van der Waals surface area contributed by atoms with Crippen LogP contribution in [0.1, 0.15) is 12.0 Å². The zero-order chi connectivity index (χ0) is 17.0. The van der Waals surface area contributed by atoms with Crippen LogP contribution in [0.2, 0.25) is 0 Å². The van der Waals surface area contributed by atoms with Crippen molar-refractivity contribution in [3.63, 3.8) is 0 Å². The van der Waals surface area contributed by atoms with E-state index in [-0.39, 0.29) is 4.90 Å². The van der Waals surface area contributed by atoms with Crippen LogP contribution >= 0.6 is 0 Å². The predicted octanol–water partition coefficient (Wildman–Crippen LogP) is 2.89. The maximum absolute atomic E-state index is 12.5. The molecule has 5 nitrogen and oxygen atoms in total. The Morgan fingerprint density at radius 2 is 1.96 bits per heavy atom. The molecule has 2 aromatic carbocycles. The minimum absolute atomic E-state index is 0.263. The lowest BCUT2D eigenvalue weighted by atomic mass is 10.0. The summed E-state index contributed by atoms with van der Waals surface area (Å²) in [4.78, 5) is 2.52. The van der Waals surface area contributed by atoms with E-state index in [2.05, 4.69) is 9.62 Å². The summed E-state index contributed by atoms with van der Waals surface area (Å²) < 4.78 is 32.8. The van der Waals surface area contributed by atoms with E-state index < -0.39 is 10.0 Å². The molecule has 0 aromatic heterocycles. The van der Waals surface area contributed by atoms with Gasteiger partial charge in [-0.1, -0.05) is 24.3 Å². The number of hydrogen-bond acceptors (Lipinski definition) is 4. The number of fused-ring (bicyclic) bond motifs is 1. The fraction of sp³-hybridized carbons (Fsp3) is 0.333. The number of ether oxygens (including phenoxy) is 1. The second-order valence-corrected chi connectivity index (χ2v) is 7.53. The van der Waals surface area contributed by atoms with Crippen molar-refractivity contribution in [3.8, 4) is 0 Å². The molecular weight excluding hydrogens is 324 g/mol. The lowest BCUT2D eigenvalue weighted by Gasteiger charge is -2.31. The van der Waals surface area contributed by atoms with E-state index in [0.717, 1.165) is 31.6 Å². The first-order chi connectivity index (χ1) is 11.6. The quantitative estimate of drug-likeness (QED) is 0.874. The minimum atomic E-state index is -3.57. The lowest BCUT2D eigenvalue weighted by Crippen LogP contribution is -2.32. The van der Waals surface area contributed by atoms with Gasteiger partial charge >= 0.3 is 0 Å². The Hall–Kier alpha value is -2.05. The Bertz CT molecular complexity index is 791. The number of sulfonamides is 1. The third kappa shape index (κ3) is 3.71. The minimum Gasteiger partial charge on any atom is -0.383 e. The highest BCUT2D eigenvalue weighted by atomic mass is 32.2. The van der Waals surface area contributed by atoms with Crippen LogP contribution in [0.3, 0.4) is 0 Å². The van der Waals surface area contributed by atoms with Crippen LogP contribution in [0, 0.1) is 0 Å². The molecule has 0 unspecified atom stereocenters. The molecule has 1 N–H and O–H groups in total. The van der Waals surface area contributed by atoms with Gasteiger partial charge in [0.25, 0.3) is 10.0 Å². The van der Waals surface area contributed by atoms with Gasteiger partial charge in [-0.2, -0.15) is 0 Å². The fourth-order valence-electron chi connectivity index (χ4n) is 2.96. The molecule has 128 valence electrons. The van der Waals surface area contributed by atoms with Gasteiger partial charge in [-0.15, -0.1) is 0 Å². The fourth-order valence-corrected chi connectivity index (χ4v) is 4.03. The van der Waals surface area contributed by atoms with Gasteiger partial charge < -0.3 is 9.64 Å². The van der Waals surface area contributed by atoms with E-state index in [1.54, 1.807) is 37.4 Å². The van der Waals surface area contributed by atoms with E-state index in [9.17, 15) is 8.42 Å². The molecule has 0 amide bonds. The summed E-state index contributed by atoms with van der Waals surface area (Å²) in [5.74, 6) is 0. The smallest absolute Gasteiger partial charge is 0.261 e. The number of methoxy groups -OCH3 is 1. The van der Waals surface area contributed by atoms with Crippen molar-refractivity contribution in [2.24, 2.45) is 0 Å². The summed E-state index contributed by atoms with van der Waals surface area (Å²) in [5.41, 5.74) is 2.92. The summed E-state index contributed by atoms with van der Waals surface area (Å²) >= 11 is 0. The second-order valence-electron chi connectivity index (χ2n) is 5.85. The molecule has 6 heteroatoms. The first-order valence-electron chi connectivity index (χ1n) is 8.05. The average Bonchev–Trinajstić information content (AvgIpc) is 2.60. The standard InChI is InChI=1S/C18H22N2O3S/c1-23-13-12-20-11-5-6-15-9-10-16(14-18(15)20)19-24(21,22)17-7-3-2-4-8-17/h2-4,7-10,14,19H,5-6,11-13H2,1H3. The molecule has 0 fully saturated rings. The number of hydrogen-bond donors (Lipinski definition) is 1. The predicted molar refractivity (Wildman–Crippen MR) is 96.1 cm³/mol. The van der Waals surface area contributed by atoms with Crippen LogP contribution in [0.25, 0.3) is 0 Å². The van der Waals surface area contributed by atoms with Gasteiger partial charge in [0, 0.05) is 25.9 Å². The van der Waals surface area contributed by atoms with Crippen LogP contribution in [0.15, 0.2) is 53.4 Å². The third-order valence-electron chi connectivity index (χ3n) is 4.17. The summed E-state index contributed by atoms with van der Waals surface area (Å²) in [6.07, 6.45) is 2.12. The van der Waals surface area contributed by atoms with Crippen LogP contribution < -0.4 is 9.62 Å². The monoisotopic (exact) mass is 346 g/mol. The third-order valence-corrected chi connectivity index (χ3v) is 5.57. The van der Waals surface area contributed by atoms with Crippen molar-refractivity contribution in [2.75, 3.05) is 36.4 Å². The van der Waals surface area contributed by atoms with E-state index >= 15 is 0 Å². The van der Waals surface area contributed by atoms with Crippen LogP contribution in [-0.2, 0) is 21.2 Å². The van der Waals surface area contributed by atoms with Gasteiger partial charge in [0.05, 0.1) is 17.2 Å². The van der Waals surface area contributed by atoms with Crippen molar-refractivity contribution in [2.45, 2.75) is 17.7 Å². The van der Waals surface area contributed by atoms with Crippen molar-refractivity contribution >= 4 is 21.4 Å². The molecule has 0 saturated carbocycles. The van der Waals surface area contributed by atoms with Crippen molar-refractivity contribution in [3.05, 3.63) is 54.1 Å². The molecule has 1 heterocycles. The summed E-state index contributed by atoms with van der Waals surface area (Å²) in [6.45, 7) is 2.42. The number of rotatable bonds is 6. The molecule has 0 radical (unpaired) electrons. The number of benzene rings is 2. The normalized spacial score (nSPS) is 14.3. The van der Waals surface area contributed by atoms with E-state index in [0.29, 0.717) is 12.3 Å². The molecule has 0 atom stereocenters. The van der Waals surface area contributed by atoms with Gasteiger partial charge in [0.15, 0.2) is 0 Å². The SMILES string of the molecule is COCCN1CCCc2ccc(NS(=O)(=O)c3ccccc3)cc21. The lowest BCUT2D eigenvalue weighted by molar-refractivity contribution is 0.205. The van der Waals surface area contributed by atoms with Gasteiger partial charge in [0.1, 0.15) is 0 Å². The Balaban J connectivity index is 1.85. The molecule has 0 aliphatic carbocycles. The highest BCUT2D eigenvalue weighted by Crippen LogP contribution is 2.30. The Labute approximate surface area is 143 Å². The second kappa shape index (κ2) is 7.23. The van der Waals surface area contributed by atoms with Crippen molar-refractivity contribution in [1.29, 1.82) is 0 Å². The average molecular weight is 346 g/mol. The van der Waals surface area contributed by atoms with Crippen LogP contribution in [0.4, 0.5) is 11.4 Å². The zero-order valence-electron chi connectivity index (χ0n) is 13.7. The maximum atomic E-state index is 12.5. The van der Waals surface area contributed by atoms with Gasteiger partial charge in [-0.25, -0.2) is 8.42 Å². The van der Waals surface area contributed by atoms with Crippen molar-refractivity contribution in [1.82, 2.24) is 0 Å². The number of anilines is 2. The number of nitrogens with one attached hydrogen (secondary N) is 1. The van der Waals surface area contributed by atoms with E-state index in [4.69, 9.17) is 4.74 Å². The topological polar surface area (TPSA) is 58.6 Å². The number of nitrogens with zero attached hydrogens (tertiary/aromatic N) is 1. The molecule has 0 spiro atoms. The molecule has 0 bridgehead atoms. The van der Waals surface area contributed by atoms with Gasteiger partial charge in [-0.3, -0.25) is 4.72 Å². The molecule has 3 rings (SSSR count). The maximum Gasteiger partial charge on any atom is 0.261 e. The van der Waals surface area contributed by atoms with Gasteiger partial charge in [0.2, 0.25) is 0 Å². The first-order valence-corrected chi connectivity index (χ1v) is 9.53. The zero-order valence-corrected chi connectivity index (χ0v) is 14.6. The Kier molecular flexibility index (Phi) is 5.06. The number of aryl methyl sites for hydroxylation is 1. The molecule has 24 heavy (non-hydrogen) atoms. The molecular formula is C18H22N2O3S. The summed E-state index contributed by atoms with van der Waals surface area (Å²) in [6, 6.07) is 14.2. The highest BCUT2D eigenvalue weighted by Gasteiger charge is 2.19. The summed E-state index contributed by atoms with van der Waals surface area (Å²) in [5, 5.41) is 0. The molecule has 1 aliphatic rings. The van der Waals surface area contributed by atoms with Crippen LogP contribution in [-0.4, -0.2) is 35.2 Å². The van der Waals surface area contributed by atoms with Gasteiger partial charge in [-0.05, 0) is 42.7 Å². The van der Waals surface area contributed by atoms with Crippen molar-refractivity contribution < 1.29 is 13.2 Å². The molecule has 1 aliphatic heterocycles. The van der Waals surface area contributed by atoms with E-state index in [1.807, 2.05) is 18.2 Å². The van der Waals surface area contributed by atoms with Crippen LogP contribution in [0.5, 0.6) is 0 Å². The summed E-state index contributed by atoms with van der Waals surface area (Å²) in [7, 11) is -1.88. The highest BCUT2D eigenvalue weighted by molar-refractivity contribution is 7.92. The molecule has 2 aromatic rings. The first kappa shape index (κ1) is 16.8. The largest absolute Gasteiger partial charge is 0.383 e. The Morgan fingerprint density at radius 3 is 2.71 bits per heavy atom. The Morgan fingerprint density at radius 1 is 1.17 bits per heavy atom.